The number of hydrogen-bond acceptors (Lipinski definition) is 7. The minimum absolute atomic E-state index is 0.00158. The van der Waals surface area contributed by atoms with E-state index in [2.05, 4.69) is 0 Å². The third kappa shape index (κ3) is 5.70. The molecule has 0 aliphatic carbocycles. The summed E-state index contributed by atoms with van der Waals surface area (Å²) in [5, 5.41) is 2.91. The first kappa shape index (κ1) is 18.6. The molecular formula is C12H22ClN4O5P. The Hall–Kier alpha value is -0.700. The van der Waals surface area contributed by atoms with Gasteiger partial charge in [-0.3, -0.25) is 9.59 Å². The largest absolute Gasteiger partial charge is 0.457 e. The highest BCUT2D eigenvalue weighted by atomic mass is 35.7. The summed E-state index contributed by atoms with van der Waals surface area (Å²) in [5.41, 5.74) is 0. The van der Waals surface area contributed by atoms with Crippen LogP contribution in [0.5, 0.6) is 0 Å². The second kappa shape index (κ2) is 7.92. The molecule has 0 unspecified atom stereocenters. The predicted molar refractivity (Wildman–Crippen MR) is 83.3 cm³/mol. The van der Waals surface area contributed by atoms with Gasteiger partial charge in [0.05, 0.1) is 0 Å². The quantitative estimate of drug-likeness (QED) is 0.669. The molecule has 0 radical (unpaired) electrons. The van der Waals surface area contributed by atoms with E-state index in [-0.39, 0.29) is 11.8 Å². The van der Waals surface area contributed by atoms with Gasteiger partial charge in [0.15, 0.2) is 0 Å². The minimum Gasteiger partial charge on any atom is -0.340 e. The second-order valence-corrected chi connectivity index (χ2v) is 7.89. The fourth-order valence-electron chi connectivity index (χ4n) is 2.46. The number of rotatable bonds is 4. The van der Waals surface area contributed by atoms with Crippen molar-refractivity contribution in [2.24, 2.45) is 0 Å². The van der Waals surface area contributed by atoms with Crippen LogP contribution in [-0.4, -0.2) is 84.1 Å². The first-order valence-electron chi connectivity index (χ1n) is 7.47. The average Bonchev–Trinajstić information content (AvgIpc) is 2.47. The van der Waals surface area contributed by atoms with Gasteiger partial charge in [0.1, 0.15) is 0 Å². The monoisotopic (exact) mass is 368 g/mol. The van der Waals surface area contributed by atoms with E-state index in [1.165, 1.54) is 24.0 Å². The van der Waals surface area contributed by atoms with E-state index in [0.717, 1.165) is 0 Å². The Balaban J connectivity index is 1.76. The Morgan fingerprint density at radius 1 is 0.783 bits per heavy atom. The zero-order valence-corrected chi connectivity index (χ0v) is 15.0. The van der Waals surface area contributed by atoms with Crippen LogP contribution in [0.2, 0.25) is 0 Å². The molecule has 2 rings (SSSR count). The fourth-order valence-corrected chi connectivity index (χ4v) is 3.89. The van der Waals surface area contributed by atoms with Gasteiger partial charge in [-0.25, -0.2) is 13.8 Å². The van der Waals surface area contributed by atoms with Gasteiger partial charge in [0.25, 0.3) is 0 Å². The van der Waals surface area contributed by atoms with Crippen LogP contribution in [-0.2, 0) is 23.4 Å². The highest BCUT2D eigenvalue weighted by Crippen LogP contribution is 2.55. The minimum atomic E-state index is -3.80. The van der Waals surface area contributed by atoms with Crippen LogP contribution in [0.25, 0.3) is 0 Å². The third-order valence-corrected chi connectivity index (χ3v) is 5.02. The van der Waals surface area contributed by atoms with Gasteiger partial charge in [0, 0.05) is 77.4 Å². The molecule has 2 amide bonds. The summed E-state index contributed by atoms with van der Waals surface area (Å²) in [6.07, 6.45) is 0. The number of carbonyl (C=O) groups is 2. The van der Waals surface area contributed by atoms with Crippen LogP contribution in [0.15, 0.2) is 0 Å². The summed E-state index contributed by atoms with van der Waals surface area (Å²) >= 11 is 5.87. The van der Waals surface area contributed by atoms with Gasteiger partial charge in [-0.2, -0.15) is 10.1 Å². The molecule has 0 atom stereocenters. The van der Waals surface area contributed by atoms with E-state index in [1.807, 2.05) is 0 Å². The molecule has 0 aromatic carbocycles. The maximum atomic E-state index is 12.3. The lowest BCUT2D eigenvalue weighted by Gasteiger charge is -2.36. The van der Waals surface area contributed by atoms with Gasteiger partial charge in [0.2, 0.25) is 11.8 Å². The summed E-state index contributed by atoms with van der Waals surface area (Å²) < 4.78 is 22.8. The Labute approximate surface area is 140 Å². The van der Waals surface area contributed by atoms with Crippen molar-refractivity contribution in [1.82, 2.24) is 19.9 Å². The van der Waals surface area contributed by atoms with Crippen LogP contribution in [0, 0.1) is 0 Å². The summed E-state index contributed by atoms with van der Waals surface area (Å²) in [5.74, 6) is -0.00315. The zero-order valence-electron chi connectivity index (χ0n) is 13.3. The van der Waals surface area contributed by atoms with Crippen molar-refractivity contribution in [3.05, 3.63) is 0 Å². The molecule has 2 aliphatic heterocycles. The van der Waals surface area contributed by atoms with Crippen molar-refractivity contribution in [3.63, 3.8) is 0 Å². The molecule has 11 heteroatoms. The van der Waals surface area contributed by atoms with E-state index < -0.39 is 6.95 Å². The van der Waals surface area contributed by atoms with E-state index >= 15 is 0 Å². The van der Waals surface area contributed by atoms with Crippen LogP contribution in [0.4, 0.5) is 0 Å². The van der Waals surface area contributed by atoms with Gasteiger partial charge in [-0.05, 0) is 0 Å². The molecule has 0 saturated carbocycles. The topological polar surface area (TPSA) is 82.6 Å². The number of nitrogens with zero attached hydrogens (tertiary/aromatic N) is 4. The number of halogens is 1. The number of hydrogen-bond donors (Lipinski definition) is 0. The molecule has 2 saturated heterocycles. The highest BCUT2D eigenvalue weighted by molar-refractivity contribution is 7.81. The number of carbonyl (C=O) groups excluding carboxylic acids is 2. The number of hydroxylamine groups is 4. The Bertz CT molecular complexity index is 452. The second-order valence-electron chi connectivity index (χ2n) is 5.46. The lowest BCUT2D eigenvalue weighted by Crippen LogP contribution is -2.48. The number of amides is 2. The summed E-state index contributed by atoms with van der Waals surface area (Å²) in [6.45, 7) is 2.83. The average molecular weight is 369 g/mol. The fraction of sp³-hybridized carbons (Fsp3) is 0.833. The van der Waals surface area contributed by atoms with E-state index in [4.69, 9.17) is 20.5 Å². The van der Waals surface area contributed by atoms with Crippen molar-refractivity contribution in [3.8, 4) is 0 Å². The molecule has 2 aliphatic rings. The van der Waals surface area contributed by atoms with E-state index in [0.29, 0.717) is 52.4 Å². The first-order valence-corrected chi connectivity index (χ1v) is 9.91. The normalized spacial score (nSPS) is 21.5. The molecule has 9 nitrogen and oxygen atoms in total. The van der Waals surface area contributed by atoms with Crippen molar-refractivity contribution in [2.45, 2.75) is 13.8 Å². The SMILES string of the molecule is CC(=O)N1CCN(OP(=O)(Cl)ON2CCN(C(C)=O)CC2)CC1. The van der Waals surface area contributed by atoms with Crippen LogP contribution in [0.1, 0.15) is 13.8 Å². The van der Waals surface area contributed by atoms with Crippen molar-refractivity contribution in [1.29, 1.82) is 0 Å². The third-order valence-electron chi connectivity index (χ3n) is 3.79. The van der Waals surface area contributed by atoms with Gasteiger partial charge < -0.3 is 9.80 Å². The predicted octanol–water partition coefficient (Wildman–Crippen LogP) is 0.525. The number of piperazine rings is 2. The Kier molecular flexibility index (Phi) is 6.41. The Morgan fingerprint density at radius 2 is 1.09 bits per heavy atom. The molecule has 23 heavy (non-hydrogen) atoms. The van der Waals surface area contributed by atoms with Crippen LogP contribution < -0.4 is 0 Å². The van der Waals surface area contributed by atoms with Gasteiger partial charge in [-0.15, -0.1) is 0 Å². The van der Waals surface area contributed by atoms with Crippen LogP contribution >= 0.6 is 18.2 Å². The Morgan fingerprint density at radius 3 is 1.35 bits per heavy atom. The zero-order chi connectivity index (χ0) is 17.0. The highest BCUT2D eigenvalue weighted by Gasteiger charge is 2.33. The molecule has 0 spiro atoms. The summed E-state index contributed by atoms with van der Waals surface area (Å²) in [6, 6.07) is 0. The summed E-state index contributed by atoms with van der Waals surface area (Å²) in [4.78, 5) is 25.9. The molecule has 132 valence electrons. The first-order chi connectivity index (χ1) is 10.8. The summed E-state index contributed by atoms with van der Waals surface area (Å²) in [7, 11) is 0. The molecule has 0 N–H and O–H groups in total. The van der Waals surface area contributed by atoms with Crippen molar-refractivity contribution >= 4 is 30.0 Å². The molecule has 2 heterocycles. The molecule has 0 aromatic rings. The van der Waals surface area contributed by atoms with Gasteiger partial charge >= 0.3 is 6.95 Å². The van der Waals surface area contributed by atoms with E-state index in [9.17, 15) is 14.2 Å². The van der Waals surface area contributed by atoms with Gasteiger partial charge in [-0.1, -0.05) is 0 Å². The van der Waals surface area contributed by atoms with E-state index in [1.54, 1.807) is 9.80 Å². The molecule has 2 fully saturated rings. The standard InChI is InChI=1S/C12H22ClN4O5P/c1-11(18)14-3-7-16(8-4-14)21-23(13,20)22-17-9-5-15(6-10-17)12(2)19/h3-10H2,1-2H3. The van der Waals surface area contributed by atoms with Crippen molar-refractivity contribution < 1.29 is 23.4 Å². The maximum Gasteiger partial charge on any atom is 0.457 e. The van der Waals surface area contributed by atoms with Crippen LogP contribution in [0.3, 0.4) is 0 Å². The smallest absolute Gasteiger partial charge is 0.340 e. The lowest BCUT2D eigenvalue weighted by atomic mass is 10.3. The lowest BCUT2D eigenvalue weighted by molar-refractivity contribution is -0.152. The molecular weight excluding hydrogens is 347 g/mol. The maximum absolute atomic E-state index is 12.3. The molecule has 0 aromatic heterocycles. The molecule has 0 bridgehead atoms. The van der Waals surface area contributed by atoms with Crippen molar-refractivity contribution in [2.75, 3.05) is 52.4 Å².